The number of amides is 3. The van der Waals surface area contributed by atoms with Crippen LogP contribution in [0.25, 0.3) is 10.6 Å². The van der Waals surface area contributed by atoms with Crippen LogP contribution in [0, 0.1) is 6.92 Å². The van der Waals surface area contributed by atoms with Gasteiger partial charge in [-0.3, -0.25) is 9.69 Å². The van der Waals surface area contributed by atoms with Gasteiger partial charge < -0.3 is 10.6 Å². The van der Waals surface area contributed by atoms with Gasteiger partial charge in [0.25, 0.3) is 5.91 Å². The van der Waals surface area contributed by atoms with Crippen molar-refractivity contribution in [3.05, 3.63) is 28.2 Å². The van der Waals surface area contributed by atoms with Crippen molar-refractivity contribution < 1.29 is 9.59 Å². The highest BCUT2D eigenvalue weighted by atomic mass is 35.5. The highest BCUT2D eigenvalue weighted by molar-refractivity contribution is 7.19. The molecule has 0 aromatic carbocycles. The van der Waals surface area contributed by atoms with Gasteiger partial charge in [0.2, 0.25) is 5.95 Å². The van der Waals surface area contributed by atoms with Crippen LogP contribution in [0.2, 0.25) is 4.34 Å². The number of halogens is 1. The predicted octanol–water partition coefficient (Wildman–Crippen LogP) is 2.91. The zero-order chi connectivity index (χ0) is 18.2. The molecule has 0 unspecified atom stereocenters. The summed E-state index contributed by atoms with van der Waals surface area (Å²) in [6.45, 7) is 5.92. The molecule has 1 saturated heterocycles. The summed E-state index contributed by atoms with van der Waals surface area (Å²) < 4.78 is 0.740. The number of imide groups is 1. The third-order valence-corrected chi connectivity index (χ3v) is 5.41. The normalized spacial score (nSPS) is 16.2. The Labute approximate surface area is 154 Å². The molecule has 0 saturated carbocycles. The van der Waals surface area contributed by atoms with Crippen molar-refractivity contribution in [1.29, 1.82) is 0 Å². The van der Waals surface area contributed by atoms with E-state index >= 15 is 0 Å². The lowest BCUT2D eigenvalue weighted by atomic mass is 10.1. The van der Waals surface area contributed by atoms with E-state index < -0.39 is 5.54 Å². The number of hydrogen-bond acceptors (Lipinski definition) is 6. The maximum Gasteiger partial charge on any atom is 0.325 e. The quantitative estimate of drug-likeness (QED) is 0.780. The average Bonchev–Trinajstić information content (AvgIpc) is 2.98. The van der Waals surface area contributed by atoms with E-state index in [1.165, 1.54) is 16.2 Å². The Morgan fingerprint density at radius 2 is 2.16 bits per heavy atom. The van der Waals surface area contributed by atoms with Crippen molar-refractivity contribution in [2.24, 2.45) is 0 Å². The molecule has 0 aliphatic carbocycles. The molecule has 2 N–H and O–H groups in total. The fraction of sp³-hybridized carbons (Fsp3) is 0.375. The van der Waals surface area contributed by atoms with E-state index in [-0.39, 0.29) is 18.5 Å². The number of thiophene rings is 1. The summed E-state index contributed by atoms with van der Waals surface area (Å²) in [6, 6.07) is 3.41. The molecular formula is C16H18ClN5O2S. The molecule has 7 nitrogen and oxygen atoms in total. The molecule has 1 fully saturated rings. The van der Waals surface area contributed by atoms with Gasteiger partial charge in [-0.15, -0.1) is 11.3 Å². The number of rotatable bonds is 5. The van der Waals surface area contributed by atoms with Crippen LogP contribution in [-0.2, 0) is 4.79 Å². The van der Waals surface area contributed by atoms with Crippen LogP contribution in [0.4, 0.5) is 10.7 Å². The van der Waals surface area contributed by atoms with Gasteiger partial charge in [-0.1, -0.05) is 11.6 Å². The lowest BCUT2D eigenvalue weighted by Crippen LogP contribution is -2.40. The van der Waals surface area contributed by atoms with Gasteiger partial charge in [-0.25, -0.2) is 14.8 Å². The molecule has 0 spiro atoms. The van der Waals surface area contributed by atoms with E-state index in [1.54, 1.807) is 20.0 Å². The molecule has 1 aliphatic heterocycles. The lowest BCUT2D eigenvalue weighted by Gasteiger charge is -2.16. The molecule has 0 bridgehead atoms. The minimum absolute atomic E-state index is 0.238. The number of carbonyl (C=O) groups is 2. The first kappa shape index (κ1) is 17.6. The van der Waals surface area contributed by atoms with Gasteiger partial charge in [0.1, 0.15) is 5.54 Å². The van der Waals surface area contributed by atoms with Gasteiger partial charge >= 0.3 is 6.03 Å². The zero-order valence-electron chi connectivity index (χ0n) is 14.1. The summed E-state index contributed by atoms with van der Waals surface area (Å²) in [4.78, 5) is 34.7. The third kappa shape index (κ3) is 3.59. The Bertz CT molecular complexity index is 816. The van der Waals surface area contributed by atoms with E-state index in [0.717, 1.165) is 20.5 Å². The number of aromatic nitrogens is 2. The molecule has 1 aliphatic rings. The van der Waals surface area contributed by atoms with Crippen LogP contribution in [-0.4, -0.2) is 45.4 Å². The van der Waals surface area contributed by atoms with E-state index in [1.807, 2.05) is 19.1 Å². The molecule has 3 heterocycles. The van der Waals surface area contributed by atoms with Crippen molar-refractivity contribution in [2.45, 2.75) is 26.3 Å². The van der Waals surface area contributed by atoms with Gasteiger partial charge in [0.05, 0.1) is 14.9 Å². The Balaban J connectivity index is 1.64. The number of carbonyl (C=O) groups excluding carboxylic acids is 2. The van der Waals surface area contributed by atoms with E-state index in [0.29, 0.717) is 12.5 Å². The predicted molar refractivity (Wildman–Crippen MR) is 97.9 cm³/mol. The molecule has 9 heteroatoms. The average molecular weight is 380 g/mol. The standard InChI is InChI=1S/C16H18ClN5O2S/c1-9-8-11(25-12(9)17)10-4-5-18-14(20-10)19-6-7-22-13(23)16(2,3)21-15(22)24/h4-5,8H,6-7H2,1-3H3,(H,21,24)(H,18,19,20). The number of urea groups is 1. The van der Waals surface area contributed by atoms with E-state index in [9.17, 15) is 9.59 Å². The van der Waals surface area contributed by atoms with Gasteiger partial charge in [0, 0.05) is 19.3 Å². The molecule has 25 heavy (non-hydrogen) atoms. The molecule has 0 atom stereocenters. The topological polar surface area (TPSA) is 87.2 Å². The number of aryl methyl sites for hydroxylation is 1. The van der Waals surface area contributed by atoms with Crippen LogP contribution in [0.5, 0.6) is 0 Å². The Morgan fingerprint density at radius 1 is 1.40 bits per heavy atom. The van der Waals surface area contributed by atoms with Crippen LogP contribution >= 0.6 is 22.9 Å². The second-order valence-corrected chi connectivity index (χ2v) is 7.93. The maximum atomic E-state index is 12.1. The Kier molecular flexibility index (Phi) is 4.66. The van der Waals surface area contributed by atoms with Crippen molar-refractivity contribution in [3.8, 4) is 10.6 Å². The van der Waals surface area contributed by atoms with Crippen LogP contribution < -0.4 is 10.6 Å². The summed E-state index contributed by atoms with van der Waals surface area (Å²) in [5.41, 5.74) is 0.925. The second-order valence-electron chi connectivity index (χ2n) is 6.27. The number of anilines is 1. The summed E-state index contributed by atoms with van der Waals surface area (Å²) in [6.07, 6.45) is 1.66. The summed E-state index contributed by atoms with van der Waals surface area (Å²) in [7, 11) is 0. The smallest absolute Gasteiger partial charge is 0.325 e. The second kappa shape index (κ2) is 6.61. The van der Waals surface area contributed by atoms with Crippen molar-refractivity contribution in [2.75, 3.05) is 18.4 Å². The Morgan fingerprint density at radius 3 is 2.76 bits per heavy atom. The van der Waals surface area contributed by atoms with Gasteiger partial charge in [-0.2, -0.15) is 0 Å². The van der Waals surface area contributed by atoms with Crippen molar-refractivity contribution in [1.82, 2.24) is 20.2 Å². The van der Waals surface area contributed by atoms with E-state index in [4.69, 9.17) is 11.6 Å². The van der Waals surface area contributed by atoms with Gasteiger partial charge in [-0.05, 0) is 38.5 Å². The van der Waals surface area contributed by atoms with Crippen LogP contribution in [0.1, 0.15) is 19.4 Å². The molecule has 2 aromatic rings. The number of nitrogens with zero attached hydrogens (tertiary/aromatic N) is 3. The minimum atomic E-state index is -0.857. The Hall–Kier alpha value is -2.19. The molecule has 132 valence electrons. The SMILES string of the molecule is Cc1cc(-c2ccnc(NCCN3C(=O)NC(C)(C)C3=O)n2)sc1Cl. The van der Waals surface area contributed by atoms with Crippen molar-refractivity contribution >= 4 is 40.8 Å². The first-order valence-corrected chi connectivity index (χ1v) is 8.95. The molecular weight excluding hydrogens is 362 g/mol. The zero-order valence-corrected chi connectivity index (χ0v) is 15.7. The summed E-state index contributed by atoms with van der Waals surface area (Å²) >= 11 is 7.57. The molecule has 3 amide bonds. The summed E-state index contributed by atoms with van der Waals surface area (Å²) in [5.74, 6) is 0.198. The molecule has 2 aromatic heterocycles. The fourth-order valence-electron chi connectivity index (χ4n) is 2.47. The highest BCUT2D eigenvalue weighted by Gasteiger charge is 2.43. The van der Waals surface area contributed by atoms with Crippen LogP contribution in [0.15, 0.2) is 18.3 Å². The first-order valence-electron chi connectivity index (χ1n) is 7.75. The molecule has 3 rings (SSSR count). The monoisotopic (exact) mass is 379 g/mol. The van der Waals surface area contributed by atoms with Crippen molar-refractivity contribution in [3.63, 3.8) is 0 Å². The largest absolute Gasteiger partial charge is 0.352 e. The van der Waals surface area contributed by atoms with Gasteiger partial charge in [0.15, 0.2) is 0 Å². The number of hydrogen-bond donors (Lipinski definition) is 2. The van der Waals surface area contributed by atoms with E-state index in [2.05, 4.69) is 20.6 Å². The maximum absolute atomic E-state index is 12.1. The fourth-order valence-corrected chi connectivity index (χ4v) is 3.64. The minimum Gasteiger partial charge on any atom is -0.352 e. The number of nitrogens with one attached hydrogen (secondary N) is 2. The third-order valence-electron chi connectivity index (χ3n) is 3.83. The van der Waals surface area contributed by atoms with Crippen LogP contribution in [0.3, 0.4) is 0 Å². The molecule has 0 radical (unpaired) electrons. The first-order chi connectivity index (χ1) is 11.8. The lowest BCUT2D eigenvalue weighted by molar-refractivity contribution is -0.130. The highest BCUT2D eigenvalue weighted by Crippen LogP contribution is 2.33. The summed E-state index contributed by atoms with van der Waals surface area (Å²) in [5, 5.41) is 5.69.